The molecule has 19 heavy (non-hydrogen) atoms. The molecule has 0 aromatic rings. The summed E-state index contributed by atoms with van der Waals surface area (Å²) < 4.78 is 10.2. The van der Waals surface area contributed by atoms with Gasteiger partial charge in [-0.3, -0.25) is 9.69 Å². The van der Waals surface area contributed by atoms with Gasteiger partial charge >= 0.3 is 12.1 Å². The standard InChI is InChI=1S/C13H23NO5/c1-6-10(9-18-5)7-14(8-11(15)16)12(17)19-13(2,3)4/h6,10H,1,7-9H2,2-5H3,(H,15,16)/t10-/m0/s1. The van der Waals surface area contributed by atoms with Crippen molar-refractivity contribution < 1.29 is 24.2 Å². The molecule has 0 aromatic carbocycles. The van der Waals surface area contributed by atoms with Crippen LogP contribution in [0.2, 0.25) is 0 Å². The number of carbonyl (C=O) groups excluding carboxylic acids is 1. The molecular formula is C13H23NO5. The third-order valence-electron chi connectivity index (χ3n) is 2.15. The van der Waals surface area contributed by atoms with Crippen molar-refractivity contribution in [1.29, 1.82) is 0 Å². The first-order chi connectivity index (χ1) is 8.69. The molecule has 110 valence electrons. The molecule has 0 unspecified atom stereocenters. The molecule has 0 aliphatic heterocycles. The topological polar surface area (TPSA) is 76.1 Å². The maximum Gasteiger partial charge on any atom is 0.410 e. The van der Waals surface area contributed by atoms with Crippen LogP contribution in [0, 0.1) is 5.92 Å². The summed E-state index contributed by atoms with van der Waals surface area (Å²) in [6.45, 7) is 8.96. The maximum atomic E-state index is 11.9. The summed E-state index contributed by atoms with van der Waals surface area (Å²) in [7, 11) is 1.53. The van der Waals surface area contributed by atoms with Crippen LogP contribution in [-0.2, 0) is 14.3 Å². The van der Waals surface area contributed by atoms with E-state index in [1.54, 1.807) is 26.8 Å². The van der Waals surface area contributed by atoms with Gasteiger partial charge in [0, 0.05) is 19.6 Å². The normalized spacial score (nSPS) is 12.6. The van der Waals surface area contributed by atoms with E-state index in [1.807, 2.05) is 0 Å². The molecule has 0 fully saturated rings. The minimum atomic E-state index is -1.09. The second-order valence-corrected chi connectivity index (χ2v) is 5.21. The van der Waals surface area contributed by atoms with E-state index in [-0.39, 0.29) is 12.5 Å². The van der Waals surface area contributed by atoms with Crippen LogP contribution in [0.5, 0.6) is 0 Å². The van der Waals surface area contributed by atoms with Crippen molar-refractivity contribution in [1.82, 2.24) is 4.90 Å². The molecule has 0 aliphatic rings. The van der Waals surface area contributed by atoms with Crippen LogP contribution >= 0.6 is 0 Å². The van der Waals surface area contributed by atoms with Crippen molar-refractivity contribution >= 4 is 12.1 Å². The number of rotatable bonds is 7. The lowest BCUT2D eigenvalue weighted by atomic mass is 10.1. The van der Waals surface area contributed by atoms with Crippen molar-refractivity contribution in [3.63, 3.8) is 0 Å². The van der Waals surface area contributed by atoms with Crippen LogP contribution in [-0.4, -0.2) is 54.5 Å². The SMILES string of the molecule is C=C[C@H](COC)CN(CC(=O)O)C(=O)OC(C)(C)C. The first kappa shape index (κ1) is 17.4. The Labute approximate surface area is 114 Å². The van der Waals surface area contributed by atoms with Gasteiger partial charge in [0.1, 0.15) is 12.1 Å². The lowest BCUT2D eigenvalue weighted by Gasteiger charge is -2.28. The van der Waals surface area contributed by atoms with Crippen LogP contribution in [0.4, 0.5) is 4.79 Å². The molecule has 0 saturated carbocycles. The van der Waals surface area contributed by atoms with Gasteiger partial charge in [-0.15, -0.1) is 6.58 Å². The highest BCUT2D eigenvalue weighted by molar-refractivity contribution is 5.76. The Morgan fingerprint density at radius 1 is 1.42 bits per heavy atom. The van der Waals surface area contributed by atoms with E-state index in [9.17, 15) is 9.59 Å². The Morgan fingerprint density at radius 3 is 2.37 bits per heavy atom. The lowest BCUT2D eigenvalue weighted by molar-refractivity contribution is -0.138. The minimum Gasteiger partial charge on any atom is -0.480 e. The highest BCUT2D eigenvalue weighted by Crippen LogP contribution is 2.12. The minimum absolute atomic E-state index is 0.142. The van der Waals surface area contributed by atoms with Crippen molar-refractivity contribution in [2.75, 3.05) is 26.8 Å². The molecule has 6 nitrogen and oxygen atoms in total. The van der Waals surface area contributed by atoms with Gasteiger partial charge in [0.15, 0.2) is 0 Å². The summed E-state index contributed by atoms with van der Waals surface area (Å²) in [6, 6.07) is 0. The summed E-state index contributed by atoms with van der Waals surface area (Å²) in [5.74, 6) is -1.23. The zero-order valence-corrected chi connectivity index (χ0v) is 12.0. The zero-order valence-electron chi connectivity index (χ0n) is 12.0. The van der Waals surface area contributed by atoms with Crippen LogP contribution in [0.15, 0.2) is 12.7 Å². The molecule has 1 N–H and O–H groups in total. The number of carbonyl (C=O) groups is 2. The molecule has 0 aromatic heterocycles. The van der Waals surface area contributed by atoms with Crippen molar-refractivity contribution in [2.45, 2.75) is 26.4 Å². The highest BCUT2D eigenvalue weighted by atomic mass is 16.6. The molecule has 0 spiro atoms. The summed E-state index contributed by atoms with van der Waals surface area (Å²) in [6.07, 6.45) is 0.973. The highest BCUT2D eigenvalue weighted by Gasteiger charge is 2.25. The largest absolute Gasteiger partial charge is 0.480 e. The van der Waals surface area contributed by atoms with Gasteiger partial charge < -0.3 is 14.6 Å². The summed E-state index contributed by atoms with van der Waals surface area (Å²) in [5.41, 5.74) is -0.668. The summed E-state index contributed by atoms with van der Waals surface area (Å²) in [4.78, 5) is 23.9. The molecule has 0 rings (SSSR count). The molecule has 0 bridgehead atoms. The predicted molar refractivity (Wildman–Crippen MR) is 71.0 cm³/mol. The fourth-order valence-electron chi connectivity index (χ4n) is 1.39. The second kappa shape index (κ2) is 7.78. The van der Waals surface area contributed by atoms with Crippen LogP contribution < -0.4 is 0 Å². The van der Waals surface area contributed by atoms with E-state index in [1.165, 1.54) is 7.11 Å². The molecule has 0 radical (unpaired) electrons. The summed E-state index contributed by atoms with van der Waals surface area (Å²) in [5, 5.41) is 8.84. The van der Waals surface area contributed by atoms with Crippen molar-refractivity contribution in [3.8, 4) is 0 Å². The van der Waals surface area contributed by atoms with E-state index in [0.717, 1.165) is 4.90 Å². The Morgan fingerprint density at radius 2 is 2.00 bits per heavy atom. The Kier molecular flexibility index (Phi) is 7.14. The van der Waals surface area contributed by atoms with Crippen LogP contribution in [0.3, 0.4) is 0 Å². The molecular weight excluding hydrogens is 250 g/mol. The van der Waals surface area contributed by atoms with E-state index < -0.39 is 24.2 Å². The third kappa shape index (κ3) is 8.20. The number of carboxylic acids is 1. The van der Waals surface area contributed by atoms with Crippen molar-refractivity contribution in [3.05, 3.63) is 12.7 Å². The van der Waals surface area contributed by atoms with E-state index in [2.05, 4.69) is 6.58 Å². The number of methoxy groups -OCH3 is 1. The number of nitrogens with zero attached hydrogens (tertiary/aromatic N) is 1. The number of aliphatic carboxylic acids is 1. The van der Waals surface area contributed by atoms with Gasteiger partial charge in [-0.25, -0.2) is 4.79 Å². The van der Waals surface area contributed by atoms with Gasteiger partial charge in [-0.05, 0) is 20.8 Å². The molecule has 0 heterocycles. The number of carboxylic acid groups (broad SMARTS) is 1. The Hall–Kier alpha value is -1.56. The quantitative estimate of drug-likeness (QED) is 0.715. The third-order valence-corrected chi connectivity index (χ3v) is 2.15. The van der Waals surface area contributed by atoms with Gasteiger partial charge in [-0.1, -0.05) is 6.08 Å². The average molecular weight is 273 g/mol. The first-order valence-corrected chi connectivity index (χ1v) is 6.00. The molecule has 1 amide bonds. The number of hydrogen-bond donors (Lipinski definition) is 1. The Bertz CT molecular complexity index is 321. The second-order valence-electron chi connectivity index (χ2n) is 5.21. The van der Waals surface area contributed by atoms with Gasteiger partial charge in [0.2, 0.25) is 0 Å². The summed E-state index contributed by atoms with van der Waals surface area (Å²) >= 11 is 0. The molecule has 6 heteroatoms. The van der Waals surface area contributed by atoms with E-state index >= 15 is 0 Å². The average Bonchev–Trinajstić information content (AvgIpc) is 2.24. The van der Waals surface area contributed by atoms with Crippen LogP contribution in [0.1, 0.15) is 20.8 Å². The Balaban J connectivity index is 4.74. The first-order valence-electron chi connectivity index (χ1n) is 6.00. The van der Waals surface area contributed by atoms with Crippen LogP contribution in [0.25, 0.3) is 0 Å². The number of amides is 1. The fraction of sp³-hybridized carbons (Fsp3) is 0.692. The van der Waals surface area contributed by atoms with Gasteiger partial charge in [0.05, 0.1) is 6.61 Å². The van der Waals surface area contributed by atoms with Gasteiger partial charge in [-0.2, -0.15) is 0 Å². The monoisotopic (exact) mass is 273 g/mol. The fourth-order valence-corrected chi connectivity index (χ4v) is 1.39. The maximum absolute atomic E-state index is 11.9. The molecule has 0 aliphatic carbocycles. The number of hydrogen-bond acceptors (Lipinski definition) is 4. The van der Waals surface area contributed by atoms with Crippen molar-refractivity contribution in [2.24, 2.45) is 5.92 Å². The van der Waals surface area contributed by atoms with E-state index in [0.29, 0.717) is 6.61 Å². The van der Waals surface area contributed by atoms with Gasteiger partial charge in [0.25, 0.3) is 0 Å². The zero-order chi connectivity index (χ0) is 15.1. The smallest absolute Gasteiger partial charge is 0.410 e. The van der Waals surface area contributed by atoms with E-state index in [4.69, 9.17) is 14.6 Å². The number of ether oxygens (including phenoxy) is 2. The lowest BCUT2D eigenvalue weighted by Crippen LogP contribution is -2.42. The predicted octanol–water partition coefficient (Wildman–Crippen LogP) is 1.76. The molecule has 1 atom stereocenters. The molecule has 0 saturated heterocycles.